The van der Waals surface area contributed by atoms with E-state index >= 15 is 0 Å². The van der Waals surface area contributed by atoms with Crippen LogP contribution in [0, 0.1) is 5.41 Å². The lowest BCUT2D eigenvalue weighted by Gasteiger charge is -2.51. The van der Waals surface area contributed by atoms with Crippen LogP contribution >= 0.6 is 11.8 Å². The van der Waals surface area contributed by atoms with Crippen molar-refractivity contribution in [3.63, 3.8) is 0 Å². The summed E-state index contributed by atoms with van der Waals surface area (Å²) in [4.78, 5) is 11.1. The molecule has 74 valence electrons. The van der Waals surface area contributed by atoms with Crippen LogP contribution in [0.2, 0.25) is 0 Å². The molecule has 3 heteroatoms. The Morgan fingerprint density at radius 3 is 2.23 bits per heavy atom. The van der Waals surface area contributed by atoms with Crippen molar-refractivity contribution in [2.75, 3.05) is 6.26 Å². The minimum Gasteiger partial charge on any atom is -0.480 e. The molecule has 2 aliphatic rings. The Hall–Kier alpha value is -0.180. The summed E-state index contributed by atoms with van der Waals surface area (Å²) in [5, 5.41) is 9.11. The summed E-state index contributed by atoms with van der Waals surface area (Å²) < 4.78 is -0.426. The van der Waals surface area contributed by atoms with Crippen LogP contribution in [0.15, 0.2) is 0 Å². The van der Waals surface area contributed by atoms with Crippen molar-refractivity contribution in [2.45, 2.75) is 43.3 Å². The molecule has 0 saturated heterocycles. The van der Waals surface area contributed by atoms with Gasteiger partial charge in [0.25, 0.3) is 0 Å². The van der Waals surface area contributed by atoms with Gasteiger partial charge >= 0.3 is 5.97 Å². The van der Waals surface area contributed by atoms with E-state index in [0.717, 1.165) is 12.8 Å². The quantitative estimate of drug-likeness (QED) is 0.744. The van der Waals surface area contributed by atoms with Crippen molar-refractivity contribution in [2.24, 2.45) is 5.41 Å². The fraction of sp³-hybridized carbons (Fsp3) is 0.900. The number of thioether (sulfide) groups is 1. The minimum absolute atomic E-state index is 0.426. The van der Waals surface area contributed by atoms with Crippen molar-refractivity contribution >= 4 is 17.7 Å². The van der Waals surface area contributed by atoms with Gasteiger partial charge in [0.2, 0.25) is 0 Å². The Morgan fingerprint density at radius 1 is 1.31 bits per heavy atom. The van der Waals surface area contributed by atoms with Crippen molar-refractivity contribution in [3.8, 4) is 0 Å². The van der Waals surface area contributed by atoms with Gasteiger partial charge in [0, 0.05) is 0 Å². The van der Waals surface area contributed by atoms with Gasteiger partial charge in [-0.15, -0.1) is 11.8 Å². The fourth-order valence-electron chi connectivity index (χ4n) is 3.02. The fourth-order valence-corrected chi connectivity index (χ4v) is 4.10. The first-order valence-corrected chi connectivity index (χ1v) is 6.14. The van der Waals surface area contributed by atoms with E-state index in [1.54, 1.807) is 0 Å². The summed E-state index contributed by atoms with van der Waals surface area (Å²) in [6, 6.07) is 0. The summed E-state index contributed by atoms with van der Waals surface area (Å²) in [7, 11) is 0. The number of aliphatic carboxylic acids is 1. The van der Waals surface area contributed by atoms with Crippen molar-refractivity contribution in [1.29, 1.82) is 0 Å². The molecule has 2 fully saturated rings. The molecular weight excluding hydrogens is 184 g/mol. The van der Waals surface area contributed by atoms with E-state index in [4.69, 9.17) is 5.11 Å². The molecule has 2 aliphatic carbocycles. The lowest BCUT2D eigenvalue weighted by atomic mass is 9.60. The van der Waals surface area contributed by atoms with E-state index in [2.05, 4.69) is 0 Å². The number of carboxylic acids is 1. The van der Waals surface area contributed by atoms with Gasteiger partial charge in [-0.1, -0.05) is 12.8 Å². The molecular formula is C10H16O2S. The van der Waals surface area contributed by atoms with Crippen LogP contribution in [0.1, 0.15) is 38.5 Å². The van der Waals surface area contributed by atoms with Gasteiger partial charge in [-0.3, -0.25) is 4.79 Å². The summed E-state index contributed by atoms with van der Waals surface area (Å²) in [5.41, 5.74) is 0.432. The van der Waals surface area contributed by atoms with Crippen molar-refractivity contribution in [3.05, 3.63) is 0 Å². The average Bonchev–Trinajstić information content (AvgIpc) is 2.48. The van der Waals surface area contributed by atoms with Gasteiger partial charge < -0.3 is 5.11 Å². The van der Waals surface area contributed by atoms with E-state index in [0.29, 0.717) is 5.41 Å². The Labute approximate surface area is 83.1 Å². The number of hydrogen-bond donors (Lipinski definition) is 1. The molecule has 2 nitrogen and oxygen atoms in total. The topological polar surface area (TPSA) is 37.3 Å². The normalized spacial score (nSPS) is 28.7. The molecule has 2 saturated carbocycles. The van der Waals surface area contributed by atoms with Crippen molar-refractivity contribution < 1.29 is 9.90 Å². The second-order valence-corrected chi connectivity index (χ2v) is 5.75. The maximum Gasteiger partial charge on any atom is 0.319 e. The third-order valence-electron chi connectivity index (χ3n) is 3.77. The number of carboxylic acid groups (broad SMARTS) is 1. The molecule has 2 rings (SSSR count). The molecule has 0 aromatic rings. The summed E-state index contributed by atoms with van der Waals surface area (Å²) in [6.45, 7) is 0. The molecule has 0 radical (unpaired) electrons. The van der Waals surface area contributed by atoms with Crippen LogP contribution in [0.5, 0.6) is 0 Å². The predicted molar refractivity (Wildman–Crippen MR) is 54.0 cm³/mol. The Morgan fingerprint density at radius 2 is 1.85 bits per heavy atom. The second-order valence-electron chi connectivity index (χ2n) is 4.56. The molecule has 0 unspecified atom stereocenters. The van der Waals surface area contributed by atoms with Gasteiger partial charge in [-0.25, -0.2) is 0 Å². The molecule has 1 spiro atoms. The largest absolute Gasteiger partial charge is 0.480 e. The summed E-state index contributed by atoms with van der Waals surface area (Å²) in [5.74, 6) is -0.600. The Kier molecular flexibility index (Phi) is 2.10. The monoisotopic (exact) mass is 200 g/mol. The van der Waals surface area contributed by atoms with E-state index < -0.39 is 10.7 Å². The maximum atomic E-state index is 11.1. The van der Waals surface area contributed by atoms with Gasteiger partial charge in [0.05, 0.1) is 0 Å². The Bertz CT molecular complexity index is 223. The van der Waals surface area contributed by atoms with Gasteiger partial charge in [-0.2, -0.15) is 0 Å². The maximum absolute atomic E-state index is 11.1. The highest BCUT2D eigenvalue weighted by Crippen LogP contribution is 2.62. The Balaban J connectivity index is 2.04. The molecule has 0 atom stereocenters. The second kappa shape index (κ2) is 2.91. The third-order valence-corrected chi connectivity index (χ3v) is 5.01. The lowest BCUT2D eigenvalue weighted by molar-refractivity contribution is -0.146. The van der Waals surface area contributed by atoms with Gasteiger partial charge in [-0.05, 0) is 37.4 Å². The zero-order valence-electron chi connectivity index (χ0n) is 8.01. The average molecular weight is 200 g/mol. The van der Waals surface area contributed by atoms with Crippen LogP contribution in [0.3, 0.4) is 0 Å². The van der Waals surface area contributed by atoms with E-state index in [1.807, 2.05) is 6.26 Å². The number of carbonyl (C=O) groups is 1. The van der Waals surface area contributed by atoms with Crippen LogP contribution in [-0.2, 0) is 4.79 Å². The first-order valence-electron chi connectivity index (χ1n) is 4.91. The van der Waals surface area contributed by atoms with Gasteiger partial charge in [0.1, 0.15) is 4.75 Å². The zero-order chi connectivity index (χ0) is 9.53. The molecule has 0 heterocycles. The van der Waals surface area contributed by atoms with E-state index in [1.165, 1.54) is 37.4 Å². The first kappa shape index (κ1) is 9.38. The van der Waals surface area contributed by atoms with Crippen molar-refractivity contribution in [1.82, 2.24) is 0 Å². The summed E-state index contributed by atoms with van der Waals surface area (Å²) >= 11 is 1.53. The highest BCUT2D eigenvalue weighted by Gasteiger charge is 2.59. The smallest absolute Gasteiger partial charge is 0.319 e. The molecule has 0 aliphatic heterocycles. The van der Waals surface area contributed by atoms with E-state index in [-0.39, 0.29) is 0 Å². The standard InChI is InChI=1S/C10H16O2S/c1-13-10(8(11)12)6-9(7-10)4-2-3-5-9/h2-7H2,1H3,(H,11,12). The third kappa shape index (κ3) is 1.28. The molecule has 13 heavy (non-hydrogen) atoms. The minimum atomic E-state index is -0.600. The molecule has 1 N–H and O–H groups in total. The highest BCUT2D eigenvalue weighted by molar-refractivity contribution is 8.00. The summed E-state index contributed by atoms with van der Waals surface area (Å²) in [6.07, 6.45) is 8.91. The molecule has 0 bridgehead atoms. The molecule has 0 amide bonds. The highest BCUT2D eigenvalue weighted by atomic mass is 32.2. The predicted octanol–water partition coefficient (Wildman–Crippen LogP) is 2.53. The van der Waals surface area contributed by atoms with Crippen LogP contribution in [-0.4, -0.2) is 22.1 Å². The zero-order valence-corrected chi connectivity index (χ0v) is 8.82. The number of rotatable bonds is 2. The SMILES string of the molecule is CSC1(C(=O)O)CC2(CCCC2)C1. The van der Waals surface area contributed by atoms with E-state index in [9.17, 15) is 4.79 Å². The number of hydrogen-bond acceptors (Lipinski definition) is 2. The van der Waals surface area contributed by atoms with Crippen LogP contribution in [0.4, 0.5) is 0 Å². The van der Waals surface area contributed by atoms with Crippen LogP contribution < -0.4 is 0 Å². The lowest BCUT2D eigenvalue weighted by Crippen LogP contribution is -2.53. The molecule has 0 aromatic heterocycles. The van der Waals surface area contributed by atoms with Crippen LogP contribution in [0.25, 0.3) is 0 Å². The first-order chi connectivity index (χ1) is 6.13. The molecule has 0 aromatic carbocycles. The van der Waals surface area contributed by atoms with Gasteiger partial charge in [0.15, 0.2) is 0 Å².